The SMILES string of the molecule is COc1ccc(CN2CCC(C(Cc3ccccc3)N(C(=O)c3ccccn3)C3CC3)CC2)c(F)c1. The minimum atomic E-state index is -0.223. The predicted molar refractivity (Wildman–Crippen MR) is 138 cm³/mol. The van der Waals surface area contributed by atoms with Gasteiger partial charge in [-0.2, -0.15) is 0 Å². The van der Waals surface area contributed by atoms with E-state index in [0.29, 0.717) is 35.5 Å². The van der Waals surface area contributed by atoms with Crippen molar-refractivity contribution < 1.29 is 13.9 Å². The number of ether oxygens (including phenoxy) is 1. The first-order valence-corrected chi connectivity index (χ1v) is 12.9. The molecule has 1 saturated heterocycles. The van der Waals surface area contributed by atoms with Crippen LogP contribution in [0.15, 0.2) is 72.9 Å². The van der Waals surface area contributed by atoms with E-state index < -0.39 is 0 Å². The van der Waals surface area contributed by atoms with E-state index in [1.807, 2.05) is 36.4 Å². The quantitative estimate of drug-likeness (QED) is 0.408. The van der Waals surface area contributed by atoms with Crippen LogP contribution in [0.25, 0.3) is 0 Å². The van der Waals surface area contributed by atoms with Crippen LogP contribution in [0.1, 0.15) is 47.3 Å². The Balaban J connectivity index is 1.33. The van der Waals surface area contributed by atoms with Gasteiger partial charge in [0.15, 0.2) is 0 Å². The summed E-state index contributed by atoms with van der Waals surface area (Å²) in [5.74, 6) is 0.743. The van der Waals surface area contributed by atoms with Gasteiger partial charge in [-0.05, 0) is 74.9 Å². The lowest BCUT2D eigenvalue weighted by atomic mass is 9.84. The third-order valence-electron chi connectivity index (χ3n) is 7.53. The van der Waals surface area contributed by atoms with Crippen LogP contribution < -0.4 is 4.74 Å². The second kappa shape index (κ2) is 11.2. The molecular weight excluding hydrogens is 453 g/mol. The van der Waals surface area contributed by atoms with E-state index >= 15 is 0 Å². The van der Waals surface area contributed by atoms with E-state index in [2.05, 4.69) is 39.0 Å². The molecule has 1 amide bonds. The lowest BCUT2D eigenvalue weighted by molar-refractivity contribution is 0.0476. The van der Waals surface area contributed by atoms with Crippen molar-refractivity contribution in [2.75, 3.05) is 20.2 Å². The Morgan fingerprint density at radius 2 is 1.81 bits per heavy atom. The standard InChI is InChI=1S/C30H34FN3O2/c1-36-26-13-10-24(27(31)20-26)21-33-17-14-23(15-18-33)29(19-22-7-3-2-4-8-22)34(25-11-12-25)30(35)28-9-5-6-16-32-28/h2-10,13,16,20,23,25,29H,11-12,14-15,17-19,21H2,1H3. The molecule has 3 aromatic rings. The number of nitrogens with zero attached hydrogens (tertiary/aromatic N) is 3. The van der Waals surface area contributed by atoms with Gasteiger partial charge < -0.3 is 9.64 Å². The second-order valence-corrected chi connectivity index (χ2v) is 9.99. The Morgan fingerprint density at radius 1 is 1.06 bits per heavy atom. The third-order valence-corrected chi connectivity index (χ3v) is 7.53. The van der Waals surface area contributed by atoms with Crippen molar-refractivity contribution in [3.63, 3.8) is 0 Å². The van der Waals surface area contributed by atoms with Crippen molar-refractivity contribution in [3.05, 3.63) is 95.6 Å². The zero-order chi connectivity index (χ0) is 24.9. The zero-order valence-corrected chi connectivity index (χ0v) is 20.9. The Kier molecular flexibility index (Phi) is 7.61. The number of hydrogen-bond acceptors (Lipinski definition) is 4. The van der Waals surface area contributed by atoms with Gasteiger partial charge in [-0.25, -0.2) is 4.39 Å². The van der Waals surface area contributed by atoms with E-state index in [-0.39, 0.29) is 17.8 Å². The maximum Gasteiger partial charge on any atom is 0.272 e. The molecule has 1 saturated carbocycles. The average molecular weight is 488 g/mol. The van der Waals surface area contributed by atoms with Gasteiger partial charge in [0.25, 0.3) is 5.91 Å². The number of piperidine rings is 1. The third kappa shape index (κ3) is 5.76. The van der Waals surface area contributed by atoms with E-state index in [1.54, 1.807) is 13.3 Å². The first-order chi connectivity index (χ1) is 17.6. The number of rotatable bonds is 9. The first-order valence-electron chi connectivity index (χ1n) is 12.9. The van der Waals surface area contributed by atoms with E-state index in [1.165, 1.54) is 11.6 Å². The van der Waals surface area contributed by atoms with Gasteiger partial charge in [0.1, 0.15) is 17.3 Å². The van der Waals surface area contributed by atoms with E-state index in [0.717, 1.165) is 45.2 Å². The monoisotopic (exact) mass is 487 g/mol. The van der Waals surface area contributed by atoms with Crippen LogP contribution >= 0.6 is 0 Å². The molecule has 1 aliphatic heterocycles. The molecular formula is C30H34FN3O2. The number of amides is 1. The smallest absolute Gasteiger partial charge is 0.272 e. The minimum Gasteiger partial charge on any atom is -0.497 e. The largest absolute Gasteiger partial charge is 0.497 e. The lowest BCUT2D eigenvalue weighted by Crippen LogP contribution is -2.50. The van der Waals surface area contributed by atoms with Gasteiger partial charge in [-0.15, -0.1) is 0 Å². The molecule has 1 atom stereocenters. The van der Waals surface area contributed by atoms with Crippen molar-refractivity contribution in [3.8, 4) is 5.75 Å². The van der Waals surface area contributed by atoms with Crippen LogP contribution in [0.3, 0.4) is 0 Å². The Morgan fingerprint density at radius 3 is 2.44 bits per heavy atom. The molecule has 36 heavy (non-hydrogen) atoms. The Hall–Kier alpha value is -3.25. The fourth-order valence-electron chi connectivity index (χ4n) is 5.43. The summed E-state index contributed by atoms with van der Waals surface area (Å²) < 4.78 is 19.7. The van der Waals surface area contributed by atoms with Gasteiger partial charge >= 0.3 is 0 Å². The highest BCUT2D eigenvalue weighted by Crippen LogP contribution is 2.36. The summed E-state index contributed by atoms with van der Waals surface area (Å²) in [6.45, 7) is 2.36. The molecule has 0 spiro atoms. The van der Waals surface area contributed by atoms with E-state index in [9.17, 15) is 9.18 Å². The molecule has 5 rings (SSSR count). The number of carbonyl (C=O) groups excluding carboxylic acids is 1. The molecule has 1 aliphatic carbocycles. The Labute approximate surface area is 212 Å². The molecule has 1 unspecified atom stereocenters. The number of hydrogen-bond donors (Lipinski definition) is 0. The number of benzene rings is 2. The molecule has 6 heteroatoms. The summed E-state index contributed by atoms with van der Waals surface area (Å²) in [5, 5.41) is 0. The molecule has 2 fully saturated rings. The highest BCUT2D eigenvalue weighted by atomic mass is 19.1. The second-order valence-electron chi connectivity index (χ2n) is 9.99. The topological polar surface area (TPSA) is 45.7 Å². The van der Waals surface area contributed by atoms with Gasteiger partial charge in [0.05, 0.1) is 7.11 Å². The van der Waals surface area contributed by atoms with Crippen LogP contribution in [0, 0.1) is 11.7 Å². The fraction of sp³-hybridized carbons (Fsp3) is 0.400. The average Bonchev–Trinajstić information content (AvgIpc) is 3.76. The van der Waals surface area contributed by atoms with Crippen molar-refractivity contribution >= 4 is 5.91 Å². The first kappa shape index (κ1) is 24.4. The lowest BCUT2D eigenvalue weighted by Gasteiger charge is -2.42. The van der Waals surface area contributed by atoms with Crippen LogP contribution in [-0.2, 0) is 13.0 Å². The van der Waals surface area contributed by atoms with Crippen molar-refractivity contribution in [1.82, 2.24) is 14.8 Å². The maximum absolute atomic E-state index is 14.5. The van der Waals surface area contributed by atoms with Crippen molar-refractivity contribution in [2.45, 2.75) is 50.7 Å². The summed E-state index contributed by atoms with van der Waals surface area (Å²) >= 11 is 0. The predicted octanol–water partition coefficient (Wildman–Crippen LogP) is 5.36. The highest BCUT2D eigenvalue weighted by Gasteiger charge is 2.42. The molecule has 0 radical (unpaired) electrons. The number of pyridine rings is 1. The normalized spacial score (nSPS) is 17.5. The number of halogens is 1. The molecule has 2 aliphatic rings. The van der Waals surface area contributed by atoms with Gasteiger partial charge in [0.2, 0.25) is 0 Å². The summed E-state index contributed by atoms with van der Waals surface area (Å²) in [6, 6.07) is 21.5. The number of aromatic nitrogens is 1. The molecule has 0 bridgehead atoms. The van der Waals surface area contributed by atoms with Crippen LogP contribution in [0.2, 0.25) is 0 Å². The molecule has 0 N–H and O–H groups in total. The summed E-state index contributed by atoms with van der Waals surface area (Å²) in [7, 11) is 1.55. The molecule has 1 aromatic heterocycles. The zero-order valence-electron chi connectivity index (χ0n) is 20.9. The molecule has 2 heterocycles. The number of likely N-dealkylation sites (tertiary alicyclic amines) is 1. The summed E-state index contributed by atoms with van der Waals surface area (Å²) in [6.07, 6.45) is 6.61. The number of carbonyl (C=O) groups is 1. The highest BCUT2D eigenvalue weighted by molar-refractivity contribution is 5.93. The Bertz CT molecular complexity index is 1150. The van der Waals surface area contributed by atoms with E-state index in [4.69, 9.17) is 4.74 Å². The maximum atomic E-state index is 14.5. The van der Waals surface area contributed by atoms with Crippen LogP contribution in [0.4, 0.5) is 4.39 Å². The van der Waals surface area contributed by atoms with Gasteiger partial charge in [-0.1, -0.05) is 42.5 Å². The summed E-state index contributed by atoms with van der Waals surface area (Å²) in [5.41, 5.74) is 2.47. The minimum absolute atomic E-state index is 0.0433. The molecule has 188 valence electrons. The summed E-state index contributed by atoms with van der Waals surface area (Å²) in [4.78, 5) is 22.6. The fourth-order valence-corrected chi connectivity index (χ4v) is 5.43. The van der Waals surface area contributed by atoms with Gasteiger partial charge in [-0.3, -0.25) is 14.7 Å². The van der Waals surface area contributed by atoms with Crippen LogP contribution in [-0.4, -0.2) is 53.0 Å². The van der Waals surface area contributed by atoms with Crippen molar-refractivity contribution in [2.24, 2.45) is 5.92 Å². The molecule has 5 nitrogen and oxygen atoms in total. The number of methoxy groups -OCH3 is 1. The van der Waals surface area contributed by atoms with Crippen molar-refractivity contribution in [1.29, 1.82) is 0 Å². The molecule has 2 aromatic carbocycles. The van der Waals surface area contributed by atoms with Gasteiger partial charge in [0, 0.05) is 36.5 Å². The van der Waals surface area contributed by atoms with Crippen LogP contribution in [0.5, 0.6) is 5.75 Å².